The van der Waals surface area contributed by atoms with Gasteiger partial charge < -0.3 is 15.3 Å². The van der Waals surface area contributed by atoms with E-state index in [1.165, 1.54) is 30.0 Å². The molecule has 1 saturated heterocycles. The minimum Gasteiger partial charge on any atom is -0.480 e. The molecule has 0 aromatic heterocycles. The van der Waals surface area contributed by atoms with Gasteiger partial charge in [-0.1, -0.05) is 65.7 Å². The summed E-state index contributed by atoms with van der Waals surface area (Å²) in [6.45, 7) is 1.56. The van der Waals surface area contributed by atoms with Crippen LogP contribution >= 0.6 is 23.2 Å². The summed E-state index contributed by atoms with van der Waals surface area (Å²) >= 11 is 12.1. The van der Waals surface area contributed by atoms with Crippen molar-refractivity contribution in [3.05, 3.63) is 87.9 Å². The molecule has 3 aromatic rings. The molecule has 9 nitrogen and oxygen atoms in total. The second-order valence-electron chi connectivity index (χ2n) is 10.6. The fourth-order valence-corrected chi connectivity index (χ4v) is 7.62. The number of sulfonamides is 1. The van der Waals surface area contributed by atoms with E-state index in [0.29, 0.717) is 17.5 Å². The zero-order chi connectivity index (χ0) is 30.8. The number of hydrogen-bond acceptors (Lipinski definition) is 5. The van der Waals surface area contributed by atoms with Crippen molar-refractivity contribution in [2.24, 2.45) is 0 Å². The lowest BCUT2D eigenvalue weighted by Gasteiger charge is -2.34. The van der Waals surface area contributed by atoms with Crippen LogP contribution in [0.2, 0.25) is 10.0 Å². The van der Waals surface area contributed by atoms with Crippen molar-refractivity contribution in [3.8, 4) is 11.1 Å². The number of nitrogens with one attached hydrogen (secondary N) is 1. The molecule has 0 aliphatic carbocycles. The van der Waals surface area contributed by atoms with Crippen molar-refractivity contribution in [2.45, 2.75) is 42.7 Å². The Hall–Kier alpha value is -3.44. The first-order valence-corrected chi connectivity index (χ1v) is 15.4. The molecule has 0 saturated carbocycles. The number of carbonyl (C=O) groups excluding carboxylic acids is 2. The van der Waals surface area contributed by atoms with E-state index >= 15 is 0 Å². The third-order valence-electron chi connectivity index (χ3n) is 7.36. The molecular weight excluding hydrogens is 601 g/mol. The van der Waals surface area contributed by atoms with E-state index < -0.39 is 33.5 Å². The molecular formula is C30H31Cl2N3O6S. The van der Waals surface area contributed by atoms with Crippen LogP contribution in [0.3, 0.4) is 0 Å². The van der Waals surface area contributed by atoms with Gasteiger partial charge in [-0.05, 0) is 60.7 Å². The van der Waals surface area contributed by atoms with Gasteiger partial charge in [-0.2, -0.15) is 4.31 Å². The molecule has 1 aliphatic rings. The molecule has 2 amide bonds. The third kappa shape index (κ3) is 6.47. The minimum atomic E-state index is -4.17. The molecule has 222 valence electrons. The third-order valence-corrected chi connectivity index (χ3v) is 9.79. The van der Waals surface area contributed by atoms with Gasteiger partial charge >= 0.3 is 5.97 Å². The Balaban J connectivity index is 1.54. The molecule has 42 heavy (non-hydrogen) atoms. The van der Waals surface area contributed by atoms with Crippen molar-refractivity contribution >= 4 is 51.0 Å². The zero-order valence-electron chi connectivity index (χ0n) is 23.3. The summed E-state index contributed by atoms with van der Waals surface area (Å²) in [5.74, 6) is -2.11. The van der Waals surface area contributed by atoms with Gasteiger partial charge in [0.15, 0.2) is 0 Å². The number of carboxylic acids is 1. The summed E-state index contributed by atoms with van der Waals surface area (Å²) in [4.78, 5) is 39.7. The maximum atomic E-state index is 13.5. The lowest BCUT2D eigenvalue weighted by molar-refractivity contribution is -0.143. The highest BCUT2D eigenvalue weighted by molar-refractivity contribution is 7.89. The molecule has 0 spiro atoms. The van der Waals surface area contributed by atoms with Crippen molar-refractivity contribution in [3.63, 3.8) is 0 Å². The molecule has 3 aromatic carbocycles. The maximum Gasteiger partial charge on any atom is 0.326 e. The van der Waals surface area contributed by atoms with Gasteiger partial charge in [0.2, 0.25) is 15.9 Å². The first-order chi connectivity index (χ1) is 19.7. The largest absolute Gasteiger partial charge is 0.480 e. The molecule has 4 rings (SSSR count). The van der Waals surface area contributed by atoms with Gasteiger partial charge in [0.1, 0.15) is 11.6 Å². The Morgan fingerprint density at radius 3 is 2.24 bits per heavy atom. The van der Waals surface area contributed by atoms with Gasteiger partial charge in [0, 0.05) is 42.7 Å². The van der Waals surface area contributed by atoms with Crippen molar-refractivity contribution in [1.29, 1.82) is 0 Å². The topological polar surface area (TPSA) is 124 Å². The predicted molar refractivity (Wildman–Crippen MR) is 161 cm³/mol. The average molecular weight is 633 g/mol. The van der Waals surface area contributed by atoms with Crippen LogP contribution in [-0.2, 0) is 26.0 Å². The van der Waals surface area contributed by atoms with E-state index in [2.05, 4.69) is 5.32 Å². The number of halogens is 2. The van der Waals surface area contributed by atoms with E-state index in [1.807, 2.05) is 12.1 Å². The van der Waals surface area contributed by atoms with E-state index in [-0.39, 0.29) is 40.2 Å². The Labute approximate surface area is 255 Å². The first kappa shape index (κ1) is 31.5. The molecule has 0 bridgehead atoms. The highest BCUT2D eigenvalue weighted by Crippen LogP contribution is 2.36. The van der Waals surface area contributed by atoms with Crippen LogP contribution in [0.1, 0.15) is 35.7 Å². The number of amides is 2. The molecule has 0 unspecified atom stereocenters. The van der Waals surface area contributed by atoms with Crippen LogP contribution in [0.25, 0.3) is 11.1 Å². The predicted octanol–water partition coefficient (Wildman–Crippen LogP) is 4.72. The normalized spacial score (nSPS) is 17.9. The highest BCUT2D eigenvalue weighted by Gasteiger charge is 2.50. The average Bonchev–Trinajstić information content (AvgIpc) is 3.35. The summed E-state index contributed by atoms with van der Waals surface area (Å²) in [6.07, 6.45) is 0.583. The van der Waals surface area contributed by atoms with Crippen LogP contribution in [0.5, 0.6) is 0 Å². The summed E-state index contributed by atoms with van der Waals surface area (Å²) in [6, 6.07) is 16.9. The maximum absolute atomic E-state index is 13.5. The molecule has 2 atom stereocenters. The Bertz CT molecular complexity index is 1610. The number of carbonyl (C=O) groups is 3. The number of hydrogen-bond donors (Lipinski definition) is 2. The van der Waals surface area contributed by atoms with Gasteiger partial charge in [-0.15, -0.1) is 0 Å². The van der Waals surface area contributed by atoms with Gasteiger partial charge in [-0.25, -0.2) is 13.2 Å². The number of nitrogens with zero attached hydrogens (tertiary/aromatic N) is 2. The summed E-state index contributed by atoms with van der Waals surface area (Å²) in [5, 5.41) is 12.8. The number of benzene rings is 3. The van der Waals surface area contributed by atoms with Crippen LogP contribution in [-0.4, -0.2) is 72.7 Å². The molecule has 1 heterocycles. The summed E-state index contributed by atoms with van der Waals surface area (Å²) in [7, 11) is -0.815. The van der Waals surface area contributed by atoms with Crippen LogP contribution in [0.15, 0.2) is 71.6 Å². The fourth-order valence-electron chi connectivity index (χ4n) is 5.09. The van der Waals surface area contributed by atoms with Gasteiger partial charge in [-0.3, -0.25) is 9.59 Å². The van der Waals surface area contributed by atoms with Gasteiger partial charge in [0.05, 0.1) is 4.90 Å². The summed E-state index contributed by atoms with van der Waals surface area (Å²) < 4.78 is 28.1. The van der Waals surface area contributed by atoms with Crippen LogP contribution in [0, 0.1) is 0 Å². The van der Waals surface area contributed by atoms with Crippen molar-refractivity contribution < 1.29 is 27.9 Å². The Morgan fingerprint density at radius 2 is 1.64 bits per heavy atom. The Morgan fingerprint density at radius 1 is 1.02 bits per heavy atom. The molecule has 1 aliphatic heterocycles. The van der Waals surface area contributed by atoms with E-state index in [0.717, 1.165) is 15.4 Å². The van der Waals surface area contributed by atoms with Crippen LogP contribution < -0.4 is 5.32 Å². The molecule has 0 radical (unpaired) electrons. The van der Waals surface area contributed by atoms with Gasteiger partial charge in [0.25, 0.3) is 5.91 Å². The zero-order valence-corrected chi connectivity index (χ0v) is 25.6. The van der Waals surface area contributed by atoms with Crippen molar-refractivity contribution in [1.82, 2.24) is 14.5 Å². The smallest absolute Gasteiger partial charge is 0.326 e. The first-order valence-electron chi connectivity index (χ1n) is 13.2. The standard InChI is InChI=1S/C30H31Cl2N3O6S/c1-30(13-6-14-35(30)42(40,41)23-17-21(31)16-22(32)18-23)29(39)33-26(28(37)38)15-19-9-11-20(12-10-19)24-7-4-5-8-25(24)27(36)34(2)3/h4-5,7-12,16-18,26H,6,13-15H2,1-3H3,(H,33,39)(H,37,38)/t26-,30-/m0/s1. The quantitative estimate of drug-likeness (QED) is 0.352. The fraction of sp³-hybridized carbons (Fsp3) is 0.300. The Kier molecular flexibility index (Phi) is 9.32. The van der Waals surface area contributed by atoms with Crippen LogP contribution in [0.4, 0.5) is 0 Å². The minimum absolute atomic E-state index is 0.0354. The van der Waals surface area contributed by atoms with E-state index in [1.54, 1.807) is 50.5 Å². The number of rotatable bonds is 9. The lowest BCUT2D eigenvalue weighted by atomic mass is 9.95. The molecule has 12 heteroatoms. The highest BCUT2D eigenvalue weighted by atomic mass is 35.5. The number of carboxylic acid groups (broad SMARTS) is 1. The summed E-state index contributed by atoms with van der Waals surface area (Å²) in [5.41, 5.74) is 1.17. The lowest BCUT2D eigenvalue weighted by Crippen LogP contribution is -2.58. The monoisotopic (exact) mass is 631 g/mol. The molecule has 1 fully saturated rings. The van der Waals surface area contributed by atoms with E-state index in [4.69, 9.17) is 23.2 Å². The van der Waals surface area contributed by atoms with E-state index in [9.17, 15) is 27.9 Å². The second-order valence-corrected chi connectivity index (χ2v) is 13.3. The van der Waals surface area contributed by atoms with Crippen molar-refractivity contribution in [2.75, 3.05) is 20.6 Å². The number of aliphatic carboxylic acids is 1. The second kappa shape index (κ2) is 12.4. The molecule has 2 N–H and O–H groups in total. The SMILES string of the molecule is CN(C)C(=O)c1ccccc1-c1ccc(C[C@H](NC(=O)[C@]2(C)CCCN2S(=O)(=O)c2cc(Cl)cc(Cl)c2)C(=O)O)cc1.